The average Bonchev–Trinajstić information content (AvgIpc) is 2.28. The van der Waals surface area contributed by atoms with Gasteiger partial charge >= 0.3 is 0 Å². The maximum Gasteiger partial charge on any atom is 0.244 e. The van der Waals surface area contributed by atoms with E-state index in [0.29, 0.717) is 5.75 Å². The number of ether oxygens (including phenoxy) is 1. The first-order valence-corrected chi connectivity index (χ1v) is 6.77. The molecule has 17 heavy (non-hydrogen) atoms. The summed E-state index contributed by atoms with van der Waals surface area (Å²) < 4.78 is 30.9. The highest BCUT2D eigenvalue weighted by molar-refractivity contribution is 7.89. The Kier molecular flexibility index (Phi) is 4.36. The van der Waals surface area contributed by atoms with Crippen LogP contribution in [0.2, 0.25) is 0 Å². The van der Waals surface area contributed by atoms with E-state index in [0.717, 1.165) is 5.69 Å². The van der Waals surface area contributed by atoms with E-state index in [9.17, 15) is 8.42 Å². The average molecular weight is 258 g/mol. The van der Waals surface area contributed by atoms with Gasteiger partial charge in [-0.2, -0.15) is 0 Å². The molecule has 1 aromatic rings. The van der Waals surface area contributed by atoms with E-state index in [-0.39, 0.29) is 10.9 Å². The lowest BCUT2D eigenvalue weighted by atomic mass is 10.2. The van der Waals surface area contributed by atoms with Gasteiger partial charge in [0.2, 0.25) is 10.0 Å². The van der Waals surface area contributed by atoms with Crippen molar-refractivity contribution < 1.29 is 13.2 Å². The van der Waals surface area contributed by atoms with E-state index in [4.69, 9.17) is 4.74 Å². The predicted molar refractivity (Wildman–Crippen MR) is 68.0 cm³/mol. The molecule has 0 aliphatic rings. The van der Waals surface area contributed by atoms with E-state index in [2.05, 4.69) is 10.0 Å². The molecule has 1 rings (SSSR count). The molecule has 6 heteroatoms. The van der Waals surface area contributed by atoms with Gasteiger partial charge in [0.25, 0.3) is 0 Å². The molecule has 0 saturated carbocycles. The third kappa shape index (κ3) is 3.34. The molecule has 0 amide bonds. The highest BCUT2D eigenvalue weighted by atomic mass is 32.2. The molecule has 0 atom stereocenters. The Balaban J connectivity index is 3.25. The van der Waals surface area contributed by atoms with Crippen molar-refractivity contribution in [1.29, 1.82) is 0 Å². The lowest BCUT2D eigenvalue weighted by Crippen LogP contribution is -2.20. The number of hydrogen-bond acceptors (Lipinski definition) is 4. The quantitative estimate of drug-likeness (QED) is 0.838. The van der Waals surface area contributed by atoms with Crippen molar-refractivity contribution >= 4 is 15.7 Å². The van der Waals surface area contributed by atoms with Gasteiger partial charge in [0, 0.05) is 11.7 Å². The standard InChI is InChI=1S/C11H18N2O3S/c1-8(2)13-9-5-6-10(16-4)11(7-9)17(14,15)12-3/h5-8,12-13H,1-4H3. The van der Waals surface area contributed by atoms with Crippen LogP contribution >= 0.6 is 0 Å². The molecule has 0 spiro atoms. The molecule has 1 aromatic carbocycles. The normalized spacial score (nSPS) is 11.6. The second-order valence-corrected chi connectivity index (χ2v) is 5.73. The van der Waals surface area contributed by atoms with E-state index >= 15 is 0 Å². The maximum absolute atomic E-state index is 11.8. The summed E-state index contributed by atoms with van der Waals surface area (Å²) in [6, 6.07) is 5.21. The van der Waals surface area contributed by atoms with Gasteiger partial charge in [-0.25, -0.2) is 13.1 Å². The predicted octanol–water partition coefficient (Wildman–Crippen LogP) is 1.42. The van der Waals surface area contributed by atoms with Crippen molar-refractivity contribution in [3.05, 3.63) is 18.2 Å². The van der Waals surface area contributed by atoms with E-state index in [1.165, 1.54) is 14.2 Å². The number of sulfonamides is 1. The molecule has 0 fully saturated rings. The number of benzene rings is 1. The van der Waals surface area contributed by atoms with Gasteiger partial charge in [-0.1, -0.05) is 0 Å². The van der Waals surface area contributed by atoms with E-state index in [1.807, 2.05) is 13.8 Å². The molecule has 0 aliphatic carbocycles. The Morgan fingerprint density at radius 3 is 2.41 bits per heavy atom. The summed E-state index contributed by atoms with van der Waals surface area (Å²) in [4.78, 5) is 0.133. The van der Waals surface area contributed by atoms with Crippen LogP contribution in [0.15, 0.2) is 23.1 Å². The first kappa shape index (κ1) is 13.8. The summed E-state index contributed by atoms with van der Waals surface area (Å²) in [5.41, 5.74) is 0.745. The van der Waals surface area contributed by atoms with Crippen LogP contribution in [0.5, 0.6) is 5.75 Å². The monoisotopic (exact) mass is 258 g/mol. The molecule has 0 bridgehead atoms. The third-order valence-corrected chi connectivity index (χ3v) is 3.61. The summed E-state index contributed by atoms with van der Waals surface area (Å²) >= 11 is 0. The second-order valence-electron chi connectivity index (χ2n) is 3.87. The molecular weight excluding hydrogens is 240 g/mol. The van der Waals surface area contributed by atoms with Gasteiger partial charge in [-0.05, 0) is 39.1 Å². The van der Waals surface area contributed by atoms with Crippen LogP contribution in [-0.4, -0.2) is 28.6 Å². The zero-order valence-electron chi connectivity index (χ0n) is 10.4. The number of anilines is 1. The van der Waals surface area contributed by atoms with Gasteiger partial charge in [0.05, 0.1) is 7.11 Å². The molecule has 0 aliphatic heterocycles. The Bertz CT molecular complexity index is 483. The first-order valence-electron chi connectivity index (χ1n) is 5.29. The van der Waals surface area contributed by atoms with Crippen molar-refractivity contribution in [2.45, 2.75) is 24.8 Å². The number of methoxy groups -OCH3 is 1. The fourth-order valence-corrected chi connectivity index (χ4v) is 2.34. The first-order chi connectivity index (χ1) is 7.90. The van der Waals surface area contributed by atoms with Crippen LogP contribution in [-0.2, 0) is 10.0 Å². The molecule has 0 aromatic heterocycles. The second kappa shape index (κ2) is 5.37. The van der Waals surface area contributed by atoms with Crippen LogP contribution in [0.4, 0.5) is 5.69 Å². The number of nitrogens with one attached hydrogen (secondary N) is 2. The van der Waals surface area contributed by atoms with Crippen LogP contribution in [0.1, 0.15) is 13.8 Å². The van der Waals surface area contributed by atoms with Crippen molar-refractivity contribution in [3.8, 4) is 5.75 Å². The molecule has 5 nitrogen and oxygen atoms in total. The maximum atomic E-state index is 11.8. The van der Waals surface area contributed by atoms with Crippen molar-refractivity contribution in [1.82, 2.24) is 4.72 Å². The summed E-state index contributed by atoms with van der Waals surface area (Å²) in [7, 11) is -0.698. The highest BCUT2D eigenvalue weighted by Crippen LogP contribution is 2.27. The third-order valence-electron chi connectivity index (χ3n) is 2.18. The fourth-order valence-electron chi connectivity index (χ4n) is 1.42. The van der Waals surface area contributed by atoms with E-state index in [1.54, 1.807) is 18.2 Å². The van der Waals surface area contributed by atoms with Gasteiger partial charge in [-0.15, -0.1) is 0 Å². The number of hydrogen-bond donors (Lipinski definition) is 2. The number of rotatable bonds is 5. The van der Waals surface area contributed by atoms with Crippen LogP contribution in [0, 0.1) is 0 Å². The summed E-state index contributed by atoms with van der Waals surface area (Å²) in [5, 5.41) is 3.14. The van der Waals surface area contributed by atoms with Crippen molar-refractivity contribution in [3.63, 3.8) is 0 Å². The Hall–Kier alpha value is -1.27. The highest BCUT2D eigenvalue weighted by Gasteiger charge is 2.18. The summed E-state index contributed by atoms with van der Waals surface area (Å²) in [6.45, 7) is 3.97. The molecular formula is C11H18N2O3S. The molecule has 0 saturated heterocycles. The van der Waals surface area contributed by atoms with Gasteiger partial charge in [0.1, 0.15) is 10.6 Å². The van der Waals surface area contributed by atoms with Gasteiger partial charge < -0.3 is 10.1 Å². The topological polar surface area (TPSA) is 67.4 Å². The lowest BCUT2D eigenvalue weighted by Gasteiger charge is -2.14. The fraction of sp³-hybridized carbons (Fsp3) is 0.455. The zero-order chi connectivity index (χ0) is 13.1. The molecule has 0 radical (unpaired) electrons. The van der Waals surface area contributed by atoms with Crippen molar-refractivity contribution in [2.75, 3.05) is 19.5 Å². The van der Waals surface area contributed by atoms with Gasteiger partial charge in [0.15, 0.2) is 0 Å². The molecule has 96 valence electrons. The van der Waals surface area contributed by atoms with Gasteiger partial charge in [-0.3, -0.25) is 0 Å². The van der Waals surface area contributed by atoms with Crippen molar-refractivity contribution in [2.24, 2.45) is 0 Å². The molecule has 0 heterocycles. The van der Waals surface area contributed by atoms with E-state index < -0.39 is 10.0 Å². The lowest BCUT2D eigenvalue weighted by molar-refractivity contribution is 0.402. The zero-order valence-corrected chi connectivity index (χ0v) is 11.3. The SMILES string of the molecule is CNS(=O)(=O)c1cc(NC(C)C)ccc1OC. The van der Waals surface area contributed by atoms with Crippen LogP contribution < -0.4 is 14.8 Å². The summed E-state index contributed by atoms with van der Waals surface area (Å²) in [5.74, 6) is 0.327. The molecule has 0 unspecified atom stereocenters. The minimum atomic E-state index is -3.51. The summed E-state index contributed by atoms with van der Waals surface area (Å²) in [6.07, 6.45) is 0. The largest absolute Gasteiger partial charge is 0.495 e. The minimum absolute atomic E-state index is 0.133. The Morgan fingerprint density at radius 1 is 1.29 bits per heavy atom. The smallest absolute Gasteiger partial charge is 0.244 e. The molecule has 2 N–H and O–H groups in total. The Labute approximate surface area is 102 Å². The minimum Gasteiger partial charge on any atom is -0.495 e. The van der Waals surface area contributed by atoms with Crippen LogP contribution in [0.3, 0.4) is 0 Å². The Morgan fingerprint density at radius 2 is 1.94 bits per heavy atom. The van der Waals surface area contributed by atoms with Crippen LogP contribution in [0.25, 0.3) is 0 Å².